The van der Waals surface area contributed by atoms with Crippen molar-refractivity contribution in [2.24, 2.45) is 11.8 Å². The van der Waals surface area contributed by atoms with Crippen LogP contribution in [-0.2, 0) is 6.54 Å². The highest BCUT2D eigenvalue weighted by atomic mass is 16.3. The maximum atomic E-state index is 9.27. The Morgan fingerprint density at radius 1 is 1.14 bits per heavy atom. The molecule has 22 heavy (non-hydrogen) atoms. The van der Waals surface area contributed by atoms with Gasteiger partial charge in [-0.05, 0) is 62.2 Å². The van der Waals surface area contributed by atoms with E-state index < -0.39 is 0 Å². The van der Waals surface area contributed by atoms with Crippen molar-refractivity contribution in [3.63, 3.8) is 0 Å². The lowest BCUT2D eigenvalue weighted by molar-refractivity contribution is 0.127. The fourth-order valence-electron chi connectivity index (χ4n) is 3.93. The van der Waals surface area contributed by atoms with E-state index in [1.54, 1.807) is 0 Å². The van der Waals surface area contributed by atoms with Gasteiger partial charge in [-0.25, -0.2) is 0 Å². The zero-order valence-corrected chi connectivity index (χ0v) is 13.8. The molecule has 3 heteroatoms. The number of piperidine rings is 1. The molecule has 1 aliphatic heterocycles. The molecule has 0 radical (unpaired) electrons. The number of hydrogen-bond donors (Lipinski definition) is 2. The fourth-order valence-corrected chi connectivity index (χ4v) is 3.93. The van der Waals surface area contributed by atoms with Crippen molar-refractivity contribution in [1.29, 1.82) is 0 Å². The van der Waals surface area contributed by atoms with Gasteiger partial charge in [-0.15, -0.1) is 0 Å². The van der Waals surface area contributed by atoms with Crippen molar-refractivity contribution >= 4 is 5.69 Å². The van der Waals surface area contributed by atoms with Gasteiger partial charge in [-0.2, -0.15) is 0 Å². The minimum absolute atomic E-state index is 0.353. The van der Waals surface area contributed by atoms with Crippen LogP contribution in [0, 0.1) is 11.8 Å². The molecule has 2 atom stereocenters. The van der Waals surface area contributed by atoms with Crippen molar-refractivity contribution in [2.45, 2.75) is 51.6 Å². The number of likely N-dealkylation sites (tertiary alicyclic amines) is 1. The first kappa shape index (κ1) is 15.8. The molecule has 0 bridgehead atoms. The van der Waals surface area contributed by atoms with E-state index in [4.69, 9.17) is 0 Å². The van der Waals surface area contributed by atoms with E-state index in [0.717, 1.165) is 38.4 Å². The predicted molar refractivity (Wildman–Crippen MR) is 92.0 cm³/mol. The summed E-state index contributed by atoms with van der Waals surface area (Å²) in [6, 6.07) is 9.44. The van der Waals surface area contributed by atoms with Crippen LogP contribution >= 0.6 is 0 Å². The third kappa shape index (κ3) is 3.82. The molecule has 3 rings (SSSR count). The van der Waals surface area contributed by atoms with E-state index >= 15 is 0 Å². The van der Waals surface area contributed by atoms with Crippen molar-refractivity contribution in [3.05, 3.63) is 29.8 Å². The maximum Gasteiger partial charge on any atom is 0.0460 e. The summed E-state index contributed by atoms with van der Waals surface area (Å²) < 4.78 is 0. The molecule has 1 heterocycles. The van der Waals surface area contributed by atoms with Gasteiger partial charge in [0.25, 0.3) is 0 Å². The number of nitrogens with one attached hydrogen (secondary N) is 1. The Labute approximate surface area is 134 Å². The number of benzene rings is 1. The number of nitrogens with zero attached hydrogens (tertiary/aromatic N) is 1. The lowest BCUT2D eigenvalue weighted by atomic mass is 9.97. The average molecular weight is 302 g/mol. The summed E-state index contributed by atoms with van der Waals surface area (Å²) in [5, 5.41) is 13.1. The van der Waals surface area contributed by atoms with Gasteiger partial charge in [-0.1, -0.05) is 31.5 Å². The molecule has 0 amide bonds. The summed E-state index contributed by atoms with van der Waals surface area (Å²) in [7, 11) is 0. The molecule has 1 saturated carbocycles. The number of rotatable bonds is 5. The highest BCUT2D eigenvalue weighted by Gasteiger charge is 2.24. The molecular weight excluding hydrogens is 272 g/mol. The number of aliphatic hydroxyl groups is 1. The van der Waals surface area contributed by atoms with Crippen LogP contribution in [0.25, 0.3) is 0 Å². The second kappa shape index (κ2) is 7.47. The van der Waals surface area contributed by atoms with Crippen LogP contribution in [0.3, 0.4) is 0 Å². The third-order valence-corrected chi connectivity index (χ3v) is 5.58. The third-order valence-electron chi connectivity index (χ3n) is 5.58. The maximum absolute atomic E-state index is 9.27. The SMILES string of the molecule is CC1CCCC1Nc1ccccc1CN1CCC(CO)CC1. The largest absolute Gasteiger partial charge is 0.396 e. The minimum Gasteiger partial charge on any atom is -0.396 e. The fraction of sp³-hybridized carbons (Fsp3) is 0.684. The van der Waals surface area contributed by atoms with Gasteiger partial charge in [0.05, 0.1) is 0 Å². The van der Waals surface area contributed by atoms with Crippen LogP contribution in [-0.4, -0.2) is 35.7 Å². The summed E-state index contributed by atoms with van der Waals surface area (Å²) in [5.74, 6) is 1.30. The summed E-state index contributed by atoms with van der Waals surface area (Å²) in [5.41, 5.74) is 2.74. The second-order valence-electron chi connectivity index (χ2n) is 7.22. The normalized spacial score (nSPS) is 27.2. The summed E-state index contributed by atoms with van der Waals surface area (Å²) >= 11 is 0. The van der Waals surface area contributed by atoms with Gasteiger partial charge in [0.2, 0.25) is 0 Å². The van der Waals surface area contributed by atoms with Crippen molar-refractivity contribution in [3.8, 4) is 0 Å². The van der Waals surface area contributed by atoms with Gasteiger partial charge in [0, 0.05) is 24.9 Å². The van der Waals surface area contributed by atoms with Crippen LogP contribution < -0.4 is 5.32 Å². The van der Waals surface area contributed by atoms with E-state index in [0.29, 0.717) is 18.6 Å². The Balaban J connectivity index is 1.61. The first-order valence-electron chi connectivity index (χ1n) is 8.94. The molecule has 1 aliphatic carbocycles. The van der Waals surface area contributed by atoms with Crippen LogP contribution in [0.4, 0.5) is 5.69 Å². The highest BCUT2D eigenvalue weighted by molar-refractivity contribution is 5.52. The first-order valence-corrected chi connectivity index (χ1v) is 8.94. The van der Waals surface area contributed by atoms with Crippen LogP contribution in [0.15, 0.2) is 24.3 Å². The van der Waals surface area contributed by atoms with E-state index in [-0.39, 0.29) is 0 Å². The number of anilines is 1. The Bertz CT molecular complexity index is 468. The Hall–Kier alpha value is -1.06. The van der Waals surface area contributed by atoms with Gasteiger partial charge < -0.3 is 10.4 Å². The van der Waals surface area contributed by atoms with Crippen LogP contribution in [0.1, 0.15) is 44.6 Å². The zero-order chi connectivity index (χ0) is 15.4. The molecule has 1 aromatic rings. The highest BCUT2D eigenvalue weighted by Crippen LogP contribution is 2.30. The lowest BCUT2D eigenvalue weighted by Gasteiger charge is -2.32. The molecule has 2 N–H and O–H groups in total. The topological polar surface area (TPSA) is 35.5 Å². The van der Waals surface area contributed by atoms with Crippen molar-refractivity contribution < 1.29 is 5.11 Å². The average Bonchev–Trinajstić information content (AvgIpc) is 2.95. The van der Waals surface area contributed by atoms with Crippen LogP contribution in [0.2, 0.25) is 0 Å². The molecule has 0 aromatic heterocycles. The molecule has 3 nitrogen and oxygen atoms in total. The van der Waals surface area contributed by atoms with Gasteiger partial charge in [0.15, 0.2) is 0 Å². The number of para-hydroxylation sites is 1. The standard InChI is InChI=1S/C19H30N2O/c1-15-5-4-8-18(15)20-19-7-3-2-6-17(19)13-21-11-9-16(14-22)10-12-21/h2-3,6-7,15-16,18,20,22H,4-5,8-14H2,1H3. The monoisotopic (exact) mass is 302 g/mol. The summed E-state index contributed by atoms with van der Waals surface area (Å²) in [6.45, 7) is 5.97. The second-order valence-corrected chi connectivity index (χ2v) is 7.22. The molecule has 122 valence electrons. The van der Waals surface area contributed by atoms with Gasteiger partial charge in [-0.3, -0.25) is 4.90 Å². The molecule has 2 unspecified atom stereocenters. The Morgan fingerprint density at radius 2 is 1.91 bits per heavy atom. The number of hydrogen-bond acceptors (Lipinski definition) is 3. The predicted octanol–water partition coefficient (Wildman–Crippen LogP) is 3.49. The van der Waals surface area contributed by atoms with E-state index in [1.165, 1.54) is 30.5 Å². The minimum atomic E-state index is 0.353. The van der Waals surface area contributed by atoms with Crippen LogP contribution in [0.5, 0.6) is 0 Å². The quantitative estimate of drug-likeness (QED) is 0.874. The van der Waals surface area contributed by atoms with Gasteiger partial charge >= 0.3 is 0 Å². The smallest absolute Gasteiger partial charge is 0.0460 e. The summed E-state index contributed by atoms with van der Waals surface area (Å²) in [4.78, 5) is 2.53. The van der Waals surface area contributed by atoms with Crippen molar-refractivity contribution in [2.75, 3.05) is 25.0 Å². The zero-order valence-electron chi connectivity index (χ0n) is 13.8. The number of aliphatic hydroxyl groups excluding tert-OH is 1. The Kier molecular flexibility index (Phi) is 5.37. The van der Waals surface area contributed by atoms with E-state index in [9.17, 15) is 5.11 Å². The molecule has 2 fully saturated rings. The molecular formula is C19H30N2O. The Morgan fingerprint density at radius 3 is 2.59 bits per heavy atom. The molecule has 1 aromatic carbocycles. The van der Waals surface area contributed by atoms with Gasteiger partial charge in [0.1, 0.15) is 0 Å². The molecule has 2 aliphatic rings. The van der Waals surface area contributed by atoms with E-state index in [1.807, 2.05) is 0 Å². The molecule has 1 saturated heterocycles. The summed E-state index contributed by atoms with van der Waals surface area (Å²) in [6.07, 6.45) is 6.28. The van der Waals surface area contributed by atoms with Crippen molar-refractivity contribution in [1.82, 2.24) is 4.90 Å². The lowest BCUT2D eigenvalue weighted by Crippen LogP contribution is -2.34. The first-order chi connectivity index (χ1) is 10.8. The molecule has 0 spiro atoms. The van der Waals surface area contributed by atoms with E-state index in [2.05, 4.69) is 41.4 Å².